The van der Waals surface area contributed by atoms with Crippen LogP contribution in [0, 0.1) is 5.92 Å². The van der Waals surface area contributed by atoms with Crippen LogP contribution in [0.4, 0.5) is 5.69 Å². The molecule has 1 aliphatic heterocycles. The molecule has 1 aromatic heterocycles. The number of fused-ring (bicyclic) bond motifs is 1. The smallest absolute Gasteiger partial charge is 0.228 e. The maximum atomic E-state index is 12.2. The summed E-state index contributed by atoms with van der Waals surface area (Å²) < 4.78 is 1.22. The van der Waals surface area contributed by atoms with Crippen LogP contribution in [0.15, 0.2) is 29.6 Å². The number of hydrogen-bond acceptors (Lipinski definition) is 3. The molecular weight excluding hydrogens is 244 g/mol. The summed E-state index contributed by atoms with van der Waals surface area (Å²) in [6, 6.07) is 8.17. The monoisotopic (exact) mass is 260 g/mol. The molecule has 0 saturated carbocycles. The summed E-state index contributed by atoms with van der Waals surface area (Å²) in [6.07, 6.45) is 2.07. The second kappa shape index (κ2) is 5.08. The number of nitrogens with one attached hydrogen (secondary N) is 2. The molecule has 1 saturated heterocycles. The lowest BCUT2D eigenvalue weighted by Crippen LogP contribution is -2.37. The van der Waals surface area contributed by atoms with Gasteiger partial charge in [-0.3, -0.25) is 4.79 Å². The van der Waals surface area contributed by atoms with E-state index in [4.69, 9.17) is 0 Å². The summed E-state index contributed by atoms with van der Waals surface area (Å²) >= 11 is 1.67. The SMILES string of the molecule is O=C(Nc1csc2ccccc12)C1CCCNC1. The second-order valence-corrected chi connectivity index (χ2v) is 5.59. The van der Waals surface area contributed by atoms with Gasteiger partial charge in [-0.15, -0.1) is 11.3 Å². The normalized spacial score (nSPS) is 19.9. The van der Waals surface area contributed by atoms with Gasteiger partial charge in [0.15, 0.2) is 0 Å². The van der Waals surface area contributed by atoms with Crippen molar-refractivity contribution in [2.24, 2.45) is 5.92 Å². The number of anilines is 1. The van der Waals surface area contributed by atoms with Gasteiger partial charge in [0.1, 0.15) is 0 Å². The van der Waals surface area contributed by atoms with E-state index >= 15 is 0 Å². The Morgan fingerprint density at radius 2 is 2.28 bits per heavy atom. The highest BCUT2D eigenvalue weighted by Gasteiger charge is 2.21. The first-order valence-corrected chi connectivity index (χ1v) is 7.20. The Morgan fingerprint density at radius 1 is 1.39 bits per heavy atom. The molecule has 0 radical (unpaired) electrons. The molecule has 2 heterocycles. The summed E-state index contributed by atoms with van der Waals surface area (Å²) in [6.45, 7) is 1.83. The molecule has 1 atom stereocenters. The minimum Gasteiger partial charge on any atom is -0.325 e. The Labute approximate surface area is 110 Å². The Bertz CT molecular complexity index is 558. The maximum Gasteiger partial charge on any atom is 0.228 e. The highest BCUT2D eigenvalue weighted by molar-refractivity contribution is 7.17. The molecule has 3 rings (SSSR count). The standard InChI is InChI=1S/C14H16N2OS/c17-14(10-4-3-7-15-8-10)16-12-9-18-13-6-2-1-5-11(12)13/h1-2,5-6,9-10,15H,3-4,7-8H2,(H,16,17). The fourth-order valence-corrected chi connectivity index (χ4v) is 3.28. The number of piperidine rings is 1. The molecule has 1 fully saturated rings. The molecule has 3 nitrogen and oxygen atoms in total. The van der Waals surface area contributed by atoms with E-state index in [9.17, 15) is 4.79 Å². The lowest BCUT2D eigenvalue weighted by Gasteiger charge is -2.21. The van der Waals surface area contributed by atoms with Crippen LogP contribution in [0.25, 0.3) is 10.1 Å². The summed E-state index contributed by atoms with van der Waals surface area (Å²) in [4.78, 5) is 12.2. The van der Waals surface area contributed by atoms with Crippen molar-refractivity contribution in [1.82, 2.24) is 5.32 Å². The van der Waals surface area contributed by atoms with Crippen molar-refractivity contribution in [1.29, 1.82) is 0 Å². The average molecular weight is 260 g/mol. The highest BCUT2D eigenvalue weighted by atomic mass is 32.1. The van der Waals surface area contributed by atoms with Gasteiger partial charge in [-0.2, -0.15) is 0 Å². The molecule has 2 aromatic rings. The Balaban J connectivity index is 1.77. The summed E-state index contributed by atoms with van der Waals surface area (Å²) in [5.74, 6) is 0.253. The molecule has 18 heavy (non-hydrogen) atoms. The fraction of sp³-hybridized carbons (Fsp3) is 0.357. The van der Waals surface area contributed by atoms with E-state index < -0.39 is 0 Å². The third-order valence-electron chi connectivity index (χ3n) is 3.41. The van der Waals surface area contributed by atoms with Crippen LogP contribution in [-0.2, 0) is 4.79 Å². The summed E-state index contributed by atoms with van der Waals surface area (Å²) in [5.41, 5.74) is 0.950. The van der Waals surface area contributed by atoms with E-state index in [2.05, 4.69) is 22.8 Å². The van der Waals surface area contributed by atoms with Crippen LogP contribution in [-0.4, -0.2) is 19.0 Å². The zero-order valence-electron chi connectivity index (χ0n) is 10.1. The van der Waals surface area contributed by atoms with E-state index in [1.807, 2.05) is 17.5 Å². The van der Waals surface area contributed by atoms with E-state index in [0.29, 0.717) is 0 Å². The molecule has 0 bridgehead atoms. The van der Waals surface area contributed by atoms with Crippen molar-refractivity contribution < 1.29 is 4.79 Å². The van der Waals surface area contributed by atoms with Crippen LogP contribution in [0.1, 0.15) is 12.8 Å². The third-order valence-corrected chi connectivity index (χ3v) is 4.37. The average Bonchev–Trinajstić information content (AvgIpc) is 2.83. The van der Waals surface area contributed by atoms with E-state index in [1.54, 1.807) is 11.3 Å². The van der Waals surface area contributed by atoms with Crippen LogP contribution >= 0.6 is 11.3 Å². The quantitative estimate of drug-likeness (QED) is 0.871. The first-order chi connectivity index (χ1) is 8.84. The summed E-state index contributed by atoms with van der Waals surface area (Å²) in [5, 5.41) is 9.51. The van der Waals surface area contributed by atoms with Crippen LogP contribution in [0.5, 0.6) is 0 Å². The zero-order chi connectivity index (χ0) is 12.4. The predicted octanol–water partition coefficient (Wildman–Crippen LogP) is 2.84. The third kappa shape index (κ3) is 2.26. The minimum absolute atomic E-state index is 0.109. The molecule has 0 aliphatic carbocycles. The van der Waals surface area contributed by atoms with Crippen molar-refractivity contribution in [3.63, 3.8) is 0 Å². The van der Waals surface area contributed by atoms with Crippen molar-refractivity contribution in [2.45, 2.75) is 12.8 Å². The van der Waals surface area contributed by atoms with Gasteiger partial charge in [0.2, 0.25) is 5.91 Å². The predicted molar refractivity (Wildman–Crippen MR) is 76.0 cm³/mol. The van der Waals surface area contributed by atoms with Gasteiger partial charge < -0.3 is 10.6 Å². The Morgan fingerprint density at radius 3 is 3.11 bits per heavy atom. The van der Waals surface area contributed by atoms with Crippen molar-refractivity contribution >= 4 is 33.0 Å². The van der Waals surface area contributed by atoms with Gasteiger partial charge in [-0.05, 0) is 25.5 Å². The fourth-order valence-electron chi connectivity index (χ4n) is 2.39. The van der Waals surface area contributed by atoms with Gasteiger partial charge in [-0.25, -0.2) is 0 Å². The molecule has 1 aliphatic rings. The number of hydrogen-bond donors (Lipinski definition) is 2. The zero-order valence-corrected chi connectivity index (χ0v) is 10.9. The highest BCUT2D eigenvalue weighted by Crippen LogP contribution is 2.30. The van der Waals surface area contributed by atoms with Crippen LogP contribution in [0.3, 0.4) is 0 Å². The molecule has 2 N–H and O–H groups in total. The second-order valence-electron chi connectivity index (χ2n) is 4.68. The lowest BCUT2D eigenvalue weighted by molar-refractivity contribution is -0.120. The van der Waals surface area contributed by atoms with Gasteiger partial charge in [0, 0.05) is 22.0 Å². The van der Waals surface area contributed by atoms with Crippen molar-refractivity contribution in [2.75, 3.05) is 18.4 Å². The molecule has 94 valence electrons. The number of rotatable bonds is 2. The molecule has 4 heteroatoms. The van der Waals surface area contributed by atoms with Crippen LogP contribution < -0.4 is 10.6 Å². The molecular formula is C14H16N2OS. The maximum absolute atomic E-state index is 12.2. The summed E-state index contributed by atoms with van der Waals surface area (Å²) in [7, 11) is 0. The van der Waals surface area contributed by atoms with E-state index in [0.717, 1.165) is 37.0 Å². The van der Waals surface area contributed by atoms with E-state index in [-0.39, 0.29) is 11.8 Å². The Kier molecular flexibility index (Phi) is 3.30. The largest absolute Gasteiger partial charge is 0.325 e. The topological polar surface area (TPSA) is 41.1 Å². The van der Waals surface area contributed by atoms with Crippen molar-refractivity contribution in [3.05, 3.63) is 29.6 Å². The minimum atomic E-state index is 0.109. The van der Waals surface area contributed by atoms with Crippen molar-refractivity contribution in [3.8, 4) is 0 Å². The number of carbonyl (C=O) groups is 1. The first kappa shape index (κ1) is 11.7. The first-order valence-electron chi connectivity index (χ1n) is 6.32. The van der Waals surface area contributed by atoms with Gasteiger partial charge >= 0.3 is 0 Å². The van der Waals surface area contributed by atoms with Gasteiger partial charge in [-0.1, -0.05) is 18.2 Å². The number of benzene rings is 1. The molecule has 1 unspecified atom stereocenters. The number of carbonyl (C=O) groups excluding carboxylic acids is 1. The lowest BCUT2D eigenvalue weighted by atomic mass is 9.99. The number of thiophene rings is 1. The molecule has 1 amide bonds. The molecule has 0 spiro atoms. The molecule has 1 aromatic carbocycles. The van der Waals surface area contributed by atoms with Gasteiger partial charge in [0.05, 0.1) is 11.6 Å². The van der Waals surface area contributed by atoms with E-state index in [1.165, 1.54) is 4.70 Å². The van der Waals surface area contributed by atoms with Crippen LogP contribution in [0.2, 0.25) is 0 Å². The number of amides is 1. The van der Waals surface area contributed by atoms with Gasteiger partial charge in [0.25, 0.3) is 0 Å². The Hall–Kier alpha value is -1.39.